The van der Waals surface area contributed by atoms with Crippen molar-refractivity contribution in [2.45, 2.75) is 18.9 Å². The summed E-state index contributed by atoms with van der Waals surface area (Å²) >= 11 is 0. The molecule has 1 aromatic rings. The number of ether oxygens (including phenoxy) is 1. The zero-order valence-electron chi connectivity index (χ0n) is 10.4. The maximum absolute atomic E-state index is 12.2. The normalized spacial score (nSPS) is 18.7. The molecule has 3 N–H and O–H groups in total. The minimum atomic E-state index is -0.105. The summed E-state index contributed by atoms with van der Waals surface area (Å²) in [7, 11) is 1.76. The van der Waals surface area contributed by atoms with Crippen LogP contribution < -0.4 is 11.3 Å². The molecule has 0 saturated carbocycles. The lowest BCUT2D eigenvalue weighted by molar-refractivity contribution is 0.0587. The Labute approximate surface area is 106 Å². The number of hydrogen-bond acceptors (Lipinski definition) is 5. The Balaban J connectivity index is 2.05. The largest absolute Gasteiger partial charge is 0.376 e. The van der Waals surface area contributed by atoms with Crippen LogP contribution in [0.2, 0.25) is 0 Å². The lowest BCUT2D eigenvalue weighted by Gasteiger charge is -2.21. The standard InChI is InChI=1S/C12H18N4O2/c1-16(8-9-4-3-7-18-9)12(17)10-5-2-6-14-11(10)15-13/h2,5-6,9H,3-4,7-8,13H2,1H3,(H,14,15). The second-order valence-electron chi connectivity index (χ2n) is 4.36. The first-order chi connectivity index (χ1) is 8.72. The van der Waals surface area contributed by atoms with Gasteiger partial charge in [0.2, 0.25) is 0 Å². The first kappa shape index (κ1) is 12.8. The molecule has 18 heavy (non-hydrogen) atoms. The second kappa shape index (κ2) is 5.79. The number of rotatable bonds is 4. The van der Waals surface area contributed by atoms with Gasteiger partial charge in [0.25, 0.3) is 5.91 Å². The second-order valence-corrected chi connectivity index (χ2v) is 4.36. The van der Waals surface area contributed by atoms with Gasteiger partial charge < -0.3 is 15.1 Å². The highest BCUT2D eigenvalue weighted by Crippen LogP contribution is 2.16. The number of likely N-dealkylation sites (N-methyl/N-ethyl adjacent to an activating group) is 1. The summed E-state index contributed by atoms with van der Waals surface area (Å²) in [6.45, 7) is 1.38. The van der Waals surface area contributed by atoms with Gasteiger partial charge in [0, 0.05) is 26.4 Å². The van der Waals surface area contributed by atoms with Crippen molar-refractivity contribution in [1.29, 1.82) is 0 Å². The molecule has 1 unspecified atom stereocenters. The Bertz CT molecular complexity index is 418. The number of nitrogens with one attached hydrogen (secondary N) is 1. The highest BCUT2D eigenvalue weighted by Gasteiger charge is 2.22. The van der Waals surface area contributed by atoms with E-state index in [2.05, 4.69) is 10.4 Å². The van der Waals surface area contributed by atoms with Crippen LogP contribution in [0.4, 0.5) is 5.82 Å². The van der Waals surface area contributed by atoms with Crippen LogP contribution in [0.5, 0.6) is 0 Å². The number of nitrogens with zero attached hydrogens (tertiary/aromatic N) is 2. The first-order valence-corrected chi connectivity index (χ1v) is 6.01. The van der Waals surface area contributed by atoms with E-state index in [4.69, 9.17) is 10.6 Å². The number of anilines is 1. The maximum Gasteiger partial charge on any atom is 0.257 e. The zero-order valence-corrected chi connectivity index (χ0v) is 10.4. The summed E-state index contributed by atoms with van der Waals surface area (Å²) in [5.74, 6) is 5.63. The predicted molar refractivity (Wildman–Crippen MR) is 68.0 cm³/mol. The number of hydrogen-bond donors (Lipinski definition) is 2. The average Bonchev–Trinajstić information content (AvgIpc) is 2.90. The van der Waals surface area contributed by atoms with Gasteiger partial charge >= 0.3 is 0 Å². The van der Waals surface area contributed by atoms with E-state index in [1.54, 1.807) is 30.3 Å². The lowest BCUT2D eigenvalue weighted by atomic mass is 10.2. The van der Waals surface area contributed by atoms with Crippen molar-refractivity contribution in [3.05, 3.63) is 23.9 Å². The molecule has 1 fully saturated rings. The van der Waals surface area contributed by atoms with Crippen LogP contribution in [0, 0.1) is 0 Å². The van der Waals surface area contributed by atoms with Gasteiger partial charge in [-0.3, -0.25) is 4.79 Å². The summed E-state index contributed by atoms with van der Waals surface area (Å²) in [6, 6.07) is 3.42. The number of aromatic nitrogens is 1. The molecule has 2 rings (SSSR count). The summed E-state index contributed by atoms with van der Waals surface area (Å²) in [5.41, 5.74) is 2.91. The summed E-state index contributed by atoms with van der Waals surface area (Å²) in [5, 5.41) is 0. The molecule has 1 aliphatic heterocycles. The van der Waals surface area contributed by atoms with Crippen molar-refractivity contribution in [2.24, 2.45) is 5.84 Å². The predicted octanol–water partition coefficient (Wildman–Crippen LogP) is 0.618. The number of nitrogens with two attached hydrogens (primary N) is 1. The number of pyridine rings is 1. The van der Waals surface area contributed by atoms with Crippen LogP contribution in [0.1, 0.15) is 23.2 Å². The zero-order chi connectivity index (χ0) is 13.0. The third-order valence-electron chi connectivity index (χ3n) is 3.02. The van der Waals surface area contributed by atoms with Gasteiger partial charge in [-0.05, 0) is 25.0 Å². The molecule has 0 bridgehead atoms. The van der Waals surface area contributed by atoms with Gasteiger partial charge in [-0.15, -0.1) is 0 Å². The van der Waals surface area contributed by atoms with Crippen LogP contribution in [-0.2, 0) is 4.74 Å². The third-order valence-corrected chi connectivity index (χ3v) is 3.02. The molecule has 6 nitrogen and oxygen atoms in total. The van der Waals surface area contributed by atoms with E-state index in [0.29, 0.717) is 17.9 Å². The summed E-state index contributed by atoms with van der Waals surface area (Å²) in [4.78, 5) is 17.9. The maximum atomic E-state index is 12.2. The van der Waals surface area contributed by atoms with Gasteiger partial charge in [0.1, 0.15) is 0 Å². The monoisotopic (exact) mass is 250 g/mol. The van der Waals surface area contributed by atoms with E-state index in [-0.39, 0.29) is 12.0 Å². The van der Waals surface area contributed by atoms with Gasteiger partial charge in [-0.1, -0.05) is 0 Å². The fraction of sp³-hybridized carbons (Fsp3) is 0.500. The fourth-order valence-corrected chi connectivity index (χ4v) is 2.08. The quantitative estimate of drug-likeness (QED) is 0.605. The SMILES string of the molecule is CN(CC1CCCO1)C(=O)c1cccnc1NN. The highest BCUT2D eigenvalue weighted by molar-refractivity contribution is 5.98. The van der Waals surface area contributed by atoms with E-state index >= 15 is 0 Å². The van der Waals surface area contributed by atoms with Gasteiger partial charge in [0.15, 0.2) is 5.82 Å². The van der Waals surface area contributed by atoms with Crippen LogP contribution >= 0.6 is 0 Å². The Morgan fingerprint density at radius 1 is 1.72 bits per heavy atom. The fourth-order valence-electron chi connectivity index (χ4n) is 2.08. The molecule has 1 aromatic heterocycles. The summed E-state index contributed by atoms with van der Waals surface area (Å²) in [6.07, 6.45) is 3.80. The van der Waals surface area contributed by atoms with Crippen molar-refractivity contribution < 1.29 is 9.53 Å². The molecule has 0 spiro atoms. The van der Waals surface area contributed by atoms with Crippen molar-refractivity contribution in [3.63, 3.8) is 0 Å². The van der Waals surface area contributed by atoms with E-state index < -0.39 is 0 Å². The number of carbonyl (C=O) groups excluding carboxylic acids is 1. The van der Waals surface area contributed by atoms with E-state index in [0.717, 1.165) is 19.4 Å². The molecule has 1 saturated heterocycles. The van der Waals surface area contributed by atoms with Crippen molar-refractivity contribution in [2.75, 3.05) is 25.6 Å². The van der Waals surface area contributed by atoms with E-state index in [1.807, 2.05) is 0 Å². The highest BCUT2D eigenvalue weighted by atomic mass is 16.5. The van der Waals surface area contributed by atoms with Crippen LogP contribution in [-0.4, -0.2) is 42.1 Å². The first-order valence-electron chi connectivity index (χ1n) is 6.01. The number of amides is 1. The van der Waals surface area contributed by atoms with Crippen molar-refractivity contribution in [1.82, 2.24) is 9.88 Å². The smallest absolute Gasteiger partial charge is 0.257 e. The molecule has 0 aliphatic carbocycles. The molecule has 6 heteroatoms. The molecule has 1 atom stereocenters. The van der Waals surface area contributed by atoms with Crippen LogP contribution in [0.15, 0.2) is 18.3 Å². The van der Waals surface area contributed by atoms with Crippen molar-refractivity contribution in [3.8, 4) is 0 Å². The topological polar surface area (TPSA) is 80.5 Å². The van der Waals surface area contributed by atoms with E-state index in [1.165, 1.54) is 0 Å². The molecule has 98 valence electrons. The summed E-state index contributed by atoms with van der Waals surface area (Å²) < 4.78 is 5.52. The third kappa shape index (κ3) is 2.77. The van der Waals surface area contributed by atoms with Crippen LogP contribution in [0.25, 0.3) is 0 Å². The molecule has 0 radical (unpaired) electrons. The Hall–Kier alpha value is -1.66. The van der Waals surface area contributed by atoms with Crippen molar-refractivity contribution >= 4 is 11.7 Å². The van der Waals surface area contributed by atoms with Gasteiger partial charge in [-0.2, -0.15) is 0 Å². The molecule has 1 aliphatic rings. The average molecular weight is 250 g/mol. The van der Waals surface area contributed by atoms with Gasteiger partial charge in [0.05, 0.1) is 11.7 Å². The Morgan fingerprint density at radius 3 is 3.22 bits per heavy atom. The lowest BCUT2D eigenvalue weighted by Crippen LogP contribution is -2.34. The van der Waals surface area contributed by atoms with Crippen LogP contribution in [0.3, 0.4) is 0 Å². The molecule has 1 amide bonds. The minimum Gasteiger partial charge on any atom is -0.376 e. The Kier molecular flexibility index (Phi) is 4.11. The molecule has 0 aromatic carbocycles. The minimum absolute atomic E-state index is 0.105. The molecular formula is C12H18N4O2. The Morgan fingerprint density at radius 2 is 2.56 bits per heavy atom. The molecule has 2 heterocycles. The number of hydrazine groups is 1. The molecular weight excluding hydrogens is 232 g/mol. The number of carbonyl (C=O) groups is 1. The number of nitrogen functional groups attached to an aromatic ring is 1. The van der Waals surface area contributed by atoms with Gasteiger partial charge in [-0.25, -0.2) is 10.8 Å². The van der Waals surface area contributed by atoms with E-state index in [9.17, 15) is 4.79 Å².